The van der Waals surface area contributed by atoms with E-state index >= 15 is 0 Å². The molecule has 4 aliphatic carbocycles. The van der Waals surface area contributed by atoms with Gasteiger partial charge in [-0.15, -0.1) is 0 Å². The van der Waals surface area contributed by atoms with Crippen LogP contribution in [-0.4, -0.2) is 48.4 Å². The highest BCUT2D eigenvalue weighted by Gasteiger charge is 2.56. The molecule has 4 saturated carbocycles. The molecule has 1 atom stereocenters. The molecule has 1 heterocycles. The third-order valence-corrected chi connectivity index (χ3v) is 8.55. The first-order valence-corrected chi connectivity index (χ1v) is 12.1. The van der Waals surface area contributed by atoms with Crippen molar-refractivity contribution in [3.05, 3.63) is 28.8 Å². The lowest BCUT2D eigenvalue weighted by atomic mass is 9.49. The standard InChI is InChI=1S/C25H33ClN2O3/c1-27(15-19-11-20(26)5-6-22(19)31-2)23(29)21-4-3-7-28(21)24(30)25-12-16-8-17(13-25)10-18(9-16)14-25/h5-6,11,16-18,21H,3-4,7-10,12-15H2,1-2H3. The monoisotopic (exact) mass is 444 g/mol. The lowest BCUT2D eigenvalue weighted by Crippen LogP contribution is -2.57. The van der Waals surface area contributed by atoms with Crippen LogP contribution in [0.2, 0.25) is 5.02 Å². The maximum atomic E-state index is 13.9. The SMILES string of the molecule is COc1ccc(Cl)cc1CN(C)C(=O)C1CCCN1C(=O)C12CC3CC(CC(C3)C1)C2. The van der Waals surface area contributed by atoms with E-state index in [2.05, 4.69) is 0 Å². The van der Waals surface area contributed by atoms with E-state index in [1.807, 2.05) is 24.1 Å². The molecule has 5 fully saturated rings. The Morgan fingerprint density at radius 1 is 1.16 bits per heavy atom. The van der Waals surface area contributed by atoms with E-state index in [0.717, 1.165) is 61.2 Å². The molecule has 1 aromatic carbocycles. The van der Waals surface area contributed by atoms with Gasteiger partial charge < -0.3 is 14.5 Å². The molecule has 168 valence electrons. The average molecular weight is 445 g/mol. The van der Waals surface area contributed by atoms with Crippen LogP contribution >= 0.6 is 11.6 Å². The van der Waals surface area contributed by atoms with Crippen molar-refractivity contribution in [1.82, 2.24) is 9.80 Å². The fraction of sp³-hybridized carbons (Fsp3) is 0.680. The Bertz CT molecular complexity index is 850. The van der Waals surface area contributed by atoms with Crippen LogP contribution in [0.3, 0.4) is 0 Å². The van der Waals surface area contributed by atoms with Gasteiger partial charge in [-0.1, -0.05) is 11.6 Å². The van der Waals surface area contributed by atoms with Crippen LogP contribution in [0.25, 0.3) is 0 Å². The minimum Gasteiger partial charge on any atom is -0.496 e. The Balaban J connectivity index is 1.31. The first-order valence-electron chi connectivity index (χ1n) is 11.8. The van der Waals surface area contributed by atoms with Crippen molar-refractivity contribution < 1.29 is 14.3 Å². The zero-order chi connectivity index (χ0) is 21.8. The lowest BCUT2D eigenvalue weighted by Gasteiger charge is -2.56. The van der Waals surface area contributed by atoms with Crippen molar-refractivity contribution >= 4 is 23.4 Å². The van der Waals surface area contributed by atoms with Crippen molar-refractivity contribution in [2.75, 3.05) is 20.7 Å². The number of amides is 2. The topological polar surface area (TPSA) is 49.9 Å². The van der Waals surface area contributed by atoms with Crippen LogP contribution in [0.15, 0.2) is 18.2 Å². The van der Waals surface area contributed by atoms with E-state index in [1.165, 1.54) is 19.3 Å². The van der Waals surface area contributed by atoms with Gasteiger partial charge in [-0.3, -0.25) is 9.59 Å². The summed E-state index contributed by atoms with van der Waals surface area (Å²) in [7, 11) is 3.44. The largest absolute Gasteiger partial charge is 0.496 e. The van der Waals surface area contributed by atoms with Gasteiger partial charge in [0.25, 0.3) is 0 Å². The number of halogens is 1. The van der Waals surface area contributed by atoms with Crippen LogP contribution in [0.5, 0.6) is 5.75 Å². The van der Waals surface area contributed by atoms with Crippen LogP contribution in [0.1, 0.15) is 56.9 Å². The molecule has 4 bridgehead atoms. The molecule has 31 heavy (non-hydrogen) atoms. The van der Waals surface area contributed by atoms with Crippen LogP contribution in [-0.2, 0) is 16.1 Å². The summed E-state index contributed by atoms with van der Waals surface area (Å²) < 4.78 is 5.44. The van der Waals surface area contributed by atoms with Gasteiger partial charge in [0.2, 0.25) is 11.8 Å². The molecule has 1 aromatic rings. The molecule has 5 aliphatic rings. The summed E-state index contributed by atoms with van der Waals surface area (Å²) in [6, 6.07) is 5.12. The van der Waals surface area contributed by atoms with E-state index in [1.54, 1.807) is 18.1 Å². The van der Waals surface area contributed by atoms with Crippen molar-refractivity contribution in [2.45, 2.75) is 64.0 Å². The molecule has 2 amide bonds. The number of likely N-dealkylation sites (tertiary alicyclic amines) is 1. The summed E-state index contributed by atoms with van der Waals surface area (Å²) >= 11 is 6.17. The highest BCUT2D eigenvalue weighted by molar-refractivity contribution is 6.30. The highest BCUT2D eigenvalue weighted by Crippen LogP contribution is 2.60. The Morgan fingerprint density at radius 3 is 2.42 bits per heavy atom. The van der Waals surface area contributed by atoms with Gasteiger partial charge in [-0.05, 0) is 87.3 Å². The summed E-state index contributed by atoms with van der Waals surface area (Å²) in [5, 5.41) is 0.621. The fourth-order valence-corrected chi connectivity index (χ4v) is 7.60. The molecular formula is C25H33ClN2O3. The van der Waals surface area contributed by atoms with Crippen molar-refractivity contribution in [2.24, 2.45) is 23.2 Å². The Labute approximate surface area is 190 Å². The molecule has 1 unspecified atom stereocenters. The quantitative estimate of drug-likeness (QED) is 0.671. The minimum absolute atomic E-state index is 0.0256. The fourth-order valence-electron chi connectivity index (χ4n) is 7.40. The summed E-state index contributed by atoms with van der Waals surface area (Å²) in [6.07, 6.45) is 8.76. The number of hydrogen-bond acceptors (Lipinski definition) is 3. The maximum Gasteiger partial charge on any atom is 0.245 e. The van der Waals surface area contributed by atoms with Crippen LogP contribution in [0, 0.1) is 23.2 Å². The van der Waals surface area contributed by atoms with Crippen molar-refractivity contribution in [3.63, 3.8) is 0 Å². The predicted molar refractivity (Wildman–Crippen MR) is 120 cm³/mol. The predicted octanol–water partition coefficient (Wildman–Crippen LogP) is 4.51. The molecule has 0 N–H and O–H groups in total. The zero-order valence-electron chi connectivity index (χ0n) is 18.6. The van der Waals surface area contributed by atoms with Crippen LogP contribution in [0.4, 0.5) is 0 Å². The van der Waals surface area contributed by atoms with Gasteiger partial charge in [0.15, 0.2) is 0 Å². The maximum absolute atomic E-state index is 13.9. The normalized spacial score (nSPS) is 33.6. The number of hydrogen-bond donors (Lipinski definition) is 0. The third-order valence-electron chi connectivity index (χ3n) is 8.32. The number of methoxy groups -OCH3 is 1. The van der Waals surface area contributed by atoms with Gasteiger partial charge in [-0.25, -0.2) is 0 Å². The van der Waals surface area contributed by atoms with E-state index in [0.29, 0.717) is 18.1 Å². The molecule has 1 saturated heterocycles. The number of benzene rings is 1. The lowest BCUT2D eigenvalue weighted by molar-refractivity contribution is -0.161. The number of nitrogens with zero attached hydrogens (tertiary/aromatic N) is 2. The van der Waals surface area contributed by atoms with Crippen molar-refractivity contribution in [1.29, 1.82) is 0 Å². The number of ether oxygens (including phenoxy) is 1. The molecule has 6 heteroatoms. The molecule has 5 nitrogen and oxygen atoms in total. The van der Waals surface area contributed by atoms with Gasteiger partial charge in [0, 0.05) is 30.7 Å². The molecule has 1 aliphatic heterocycles. The van der Waals surface area contributed by atoms with E-state index in [4.69, 9.17) is 16.3 Å². The molecular weight excluding hydrogens is 412 g/mol. The smallest absolute Gasteiger partial charge is 0.245 e. The molecule has 0 spiro atoms. The Hall–Kier alpha value is -1.75. The van der Waals surface area contributed by atoms with E-state index in [9.17, 15) is 9.59 Å². The summed E-state index contributed by atoms with van der Waals surface area (Å²) in [5.74, 6) is 3.20. The zero-order valence-corrected chi connectivity index (χ0v) is 19.4. The first-order chi connectivity index (χ1) is 14.9. The number of likely N-dealkylation sites (N-methyl/N-ethyl adjacent to an activating group) is 1. The van der Waals surface area contributed by atoms with Gasteiger partial charge in [-0.2, -0.15) is 0 Å². The second kappa shape index (κ2) is 7.99. The number of carbonyl (C=O) groups is 2. The summed E-state index contributed by atoms with van der Waals surface area (Å²) in [6.45, 7) is 1.13. The Morgan fingerprint density at radius 2 is 1.81 bits per heavy atom. The minimum atomic E-state index is -0.337. The van der Waals surface area contributed by atoms with Crippen molar-refractivity contribution in [3.8, 4) is 5.75 Å². The van der Waals surface area contributed by atoms with Gasteiger partial charge in [0.05, 0.1) is 12.5 Å². The molecule has 0 radical (unpaired) electrons. The summed E-state index contributed by atoms with van der Waals surface area (Å²) in [5.41, 5.74) is 0.689. The van der Waals surface area contributed by atoms with Gasteiger partial charge >= 0.3 is 0 Å². The Kier molecular flexibility index (Phi) is 5.44. The third kappa shape index (κ3) is 3.73. The summed E-state index contributed by atoms with van der Waals surface area (Å²) in [4.78, 5) is 31.0. The number of rotatable bonds is 5. The second-order valence-electron chi connectivity index (χ2n) is 10.5. The number of carbonyl (C=O) groups excluding carboxylic acids is 2. The average Bonchev–Trinajstić information content (AvgIpc) is 3.21. The van der Waals surface area contributed by atoms with Gasteiger partial charge in [0.1, 0.15) is 11.8 Å². The van der Waals surface area contributed by atoms with E-state index in [-0.39, 0.29) is 23.3 Å². The second-order valence-corrected chi connectivity index (χ2v) is 10.9. The highest BCUT2D eigenvalue weighted by atomic mass is 35.5. The van der Waals surface area contributed by atoms with Crippen LogP contribution < -0.4 is 4.74 Å². The van der Waals surface area contributed by atoms with E-state index < -0.39 is 0 Å². The molecule has 0 aromatic heterocycles. The molecule has 6 rings (SSSR count). The first kappa shape index (κ1) is 21.1.